The van der Waals surface area contributed by atoms with Crippen LogP contribution in [-0.4, -0.2) is 37.3 Å². The minimum Gasteiger partial charge on any atom is -0.345 e. The Labute approximate surface area is 192 Å². The van der Waals surface area contributed by atoms with Gasteiger partial charge >= 0.3 is 0 Å². The average molecular weight is 475 g/mol. The first kappa shape index (κ1) is 23.2. The molecule has 0 atom stereocenters. The van der Waals surface area contributed by atoms with Crippen molar-refractivity contribution in [2.75, 3.05) is 11.1 Å². The molecule has 32 heavy (non-hydrogen) atoms. The maximum Gasteiger partial charge on any atom is 0.271 e. The van der Waals surface area contributed by atoms with E-state index in [0.717, 1.165) is 0 Å². The highest BCUT2D eigenvalue weighted by atomic mass is 35.5. The van der Waals surface area contributed by atoms with E-state index >= 15 is 0 Å². The average Bonchev–Trinajstić information content (AvgIpc) is 3.18. The number of hydrogen-bond acceptors (Lipinski definition) is 7. The first-order chi connectivity index (χ1) is 15.4. The highest BCUT2D eigenvalue weighted by Gasteiger charge is 2.15. The minimum absolute atomic E-state index is 0.0396. The van der Waals surface area contributed by atoms with Gasteiger partial charge in [0.2, 0.25) is 5.91 Å². The van der Waals surface area contributed by atoms with E-state index in [2.05, 4.69) is 20.8 Å². The van der Waals surface area contributed by atoms with Crippen LogP contribution in [0.4, 0.5) is 11.4 Å². The topological polar surface area (TPSA) is 132 Å². The van der Waals surface area contributed by atoms with Crippen LogP contribution in [0, 0.1) is 10.1 Å². The Morgan fingerprint density at radius 1 is 1.19 bits per heavy atom. The summed E-state index contributed by atoms with van der Waals surface area (Å²) in [5.74, 6) is -0.00850. The Balaban J connectivity index is 1.56. The molecular formula is C20H19ClN6O4S. The van der Waals surface area contributed by atoms with Crippen molar-refractivity contribution < 1.29 is 14.5 Å². The van der Waals surface area contributed by atoms with Gasteiger partial charge in [-0.3, -0.25) is 19.7 Å². The number of thioether (sulfide) groups is 1. The zero-order valence-corrected chi connectivity index (χ0v) is 18.5. The third-order valence-electron chi connectivity index (χ3n) is 4.30. The molecule has 0 unspecified atom stereocenters. The predicted octanol–water partition coefficient (Wildman–Crippen LogP) is 3.52. The second-order valence-corrected chi connectivity index (χ2v) is 7.86. The Kier molecular flexibility index (Phi) is 7.79. The number of halogens is 1. The summed E-state index contributed by atoms with van der Waals surface area (Å²) in [7, 11) is 0. The van der Waals surface area contributed by atoms with E-state index in [4.69, 9.17) is 11.6 Å². The molecule has 0 radical (unpaired) electrons. The zero-order valence-electron chi connectivity index (χ0n) is 16.9. The van der Waals surface area contributed by atoms with Gasteiger partial charge in [-0.2, -0.15) is 0 Å². The molecule has 0 aliphatic heterocycles. The Hall–Kier alpha value is -3.44. The Bertz CT molecular complexity index is 1140. The molecule has 0 saturated heterocycles. The standard InChI is InChI=1S/C20H19ClN6O4S/c1-2-26-17(11-22-19(29)13-6-8-14(21)9-7-13)24-25-20(26)32-12-18(28)23-15-4-3-5-16(10-15)27(30)31/h3-10H,2,11-12H2,1H3,(H,22,29)(H,23,28). The number of amides is 2. The molecule has 2 amide bonds. The lowest BCUT2D eigenvalue weighted by Crippen LogP contribution is -2.24. The van der Waals surface area contributed by atoms with Gasteiger partial charge in [-0.25, -0.2) is 0 Å². The molecule has 0 saturated carbocycles. The molecular weight excluding hydrogens is 456 g/mol. The first-order valence-corrected chi connectivity index (χ1v) is 10.9. The minimum atomic E-state index is -0.526. The van der Waals surface area contributed by atoms with Gasteiger partial charge in [-0.1, -0.05) is 29.4 Å². The second-order valence-electron chi connectivity index (χ2n) is 6.48. The fraction of sp³-hybridized carbons (Fsp3) is 0.200. The number of nitrogens with one attached hydrogen (secondary N) is 2. The van der Waals surface area contributed by atoms with Crippen LogP contribution in [0.25, 0.3) is 0 Å². The van der Waals surface area contributed by atoms with Crippen LogP contribution in [0.1, 0.15) is 23.1 Å². The predicted molar refractivity (Wildman–Crippen MR) is 121 cm³/mol. The van der Waals surface area contributed by atoms with Crippen LogP contribution in [-0.2, 0) is 17.9 Å². The molecule has 0 bridgehead atoms. The molecule has 0 aliphatic carbocycles. The summed E-state index contributed by atoms with van der Waals surface area (Å²) in [6.07, 6.45) is 0. The van der Waals surface area contributed by atoms with Crippen LogP contribution in [0.3, 0.4) is 0 Å². The smallest absolute Gasteiger partial charge is 0.271 e. The van der Waals surface area contributed by atoms with E-state index in [9.17, 15) is 19.7 Å². The molecule has 0 spiro atoms. The van der Waals surface area contributed by atoms with Crippen molar-refractivity contribution in [1.82, 2.24) is 20.1 Å². The molecule has 0 fully saturated rings. The number of carbonyl (C=O) groups excluding carboxylic acids is 2. The van der Waals surface area contributed by atoms with Gasteiger partial charge in [0.15, 0.2) is 11.0 Å². The third kappa shape index (κ3) is 6.05. The van der Waals surface area contributed by atoms with Crippen molar-refractivity contribution in [3.8, 4) is 0 Å². The molecule has 1 aromatic heterocycles. The van der Waals surface area contributed by atoms with Crippen molar-refractivity contribution in [1.29, 1.82) is 0 Å². The summed E-state index contributed by atoms with van der Waals surface area (Å²) in [6.45, 7) is 2.62. The quantitative estimate of drug-likeness (QED) is 0.275. The summed E-state index contributed by atoms with van der Waals surface area (Å²) in [6, 6.07) is 12.2. The van der Waals surface area contributed by atoms with Crippen LogP contribution in [0.2, 0.25) is 5.02 Å². The first-order valence-electron chi connectivity index (χ1n) is 9.50. The number of rotatable bonds is 9. The number of carbonyl (C=O) groups is 2. The fourth-order valence-electron chi connectivity index (χ4n) is 2.76. The summed E-state index contributed by atoms with van der Waals surface area (Å²) < 4.78 is 1.80. The van der Waals surface area contributed by atoms with E-state index in [1.54, 1.807) is 34.9 Å². The van der Waals surface area contributed by atoms with Gasteiger partial charge in [0.05, 0.1) is 17.2 Å². The van der Waals surface area contributed by atoms with Gasteiger partial charge in [0.1, 0.15) is 0 Å². The molecule has 3 rings (SSSR count). The number of benzene rings is 2. The van der Waals surface area contributed by atoms with Crippen LogP contribution < -0.4 is 10.6 Å². The number of non-ortho nitro benzene ring substituents is 1. The van der Waals surface area contributed by atoms with Gasteiger partial charge in [0.25, 0.3) is 11.6 Å². The summed E-state index contributed by atoms with van der Waals surface area (Å²) in [5, 5.41) is 25.5. The van der Waals surface area contributed by atoms with Crippen molar-refractivity contribution in [2.45, 2.75) is 25.2 Å². The van der Waals surface area contributed by atoms with Crippen molar-refractivity contribution in [3.63, 3.8) is 0 Å². The highest BCUT2D eigenvalue weighted by molar-refractivity contribution is 7.99. The number of nitrogens with zero attached hydrogens (tertiary/aromatic N) is 4. The zero-order chi connectivity index (χ0) is 23.1. The second kappa shape index (κ2) is 10.7. The summed E-state index contributed by atoms with van der Waals surface area (Å²) >= 11 is 7.02. The van der Waals surface area contributed by atoms with Gasteiger partial charge in [-0.05, 0) is 37.3 Å². The normalized spacial score (nSPS) is 10.6. The molecule has 0 aliphatic rings. The number of nitro benzene ring substituents is 1. The third-order valence-corrected chi connectivity index (χ3v) is 5.51. The van der Waals surface area contributed by atoms with Gasteiger partial charge in [-0.15, -0.1) is 10.2 Å². The Morgan fingerprint density at radius 2 is 1.94 bits per heavy atom. The monoisotopic (exact) mass is 474 g/mol. The number of hydrogen-bond donors (Lipinski definition) is 2. The Morgan fingerprint density at radius 3 is 2.62 bits per heavy atom. The van der Waals surface area contributed by atoms with Crippen molar-refractivity contribution in [3.05, 3.63) is 75.1 Å². The van der Waals surface area contributed by atoms with Gasteiger partial charge in [0, 0.05) is 35.0 Å². The molecule has 12 heteroatoms. The summed E-state index contributed by atoms with van der Waals surface area (Å²) in [5.41, 5.74) is 0.711. The molecule has 1 heterocycles. The highest BCUT2D eigenvalue weighted by Crippen LogP contribution is 2.20. The lowest BCUT2D eigenvalue weighted by Gasteiger charge is -2.09. The molecule has 2 aromatic carbocycles. The van der Waals surface area contributed by atoms with E-state index in [1.165, 1.54) is 30.0 Å². The van der Waals surface area contributed by atoms with Gasteiger partial charge < -0.3 is 15.2 Å². The number of aromatic nitrogens is 3. The fourth-order valence-corrected chi connectivity index (χ4v) is 3.71. The van der Waals surface area contributed by atoms with E-state index in [1.807, 2.05) is 6.92 Å². The molecule has 10 nitrogen and oxygen atoms in total. The largest absolute Gasteiger partial charge is 0.345 e. The van der Waals surface area contributed by atoms with Crippen LogP contribution in [0.15, 0.2) is 53.7 Å². The number of nitro groups is 1. The van der Waals surface area contributed by atoms with E-state index in [-0.39, 0.29) is 29.8 Å². The van der Waals surface area contributed by atoms with Crippen LogP contribution in [0.5, 0.6) is 0 Å². The van der Waals surface area contributed by atoms with Crippen LogP contribution >= 0.6 is 23.4 Å². The lowest BCUT2D eigenvalue weighted by atomic mass is 10.2. The summed E-state index contributed by atoms with van der Waals surface area (Å²) in [4.78, 5) is 34.8. The van der Waals surface area contributed by atoms with Crippen molar-refractivity contribution in [2.24, 2.45) is 0 Å². The SMILES string of the molecule is CCn1c(CNC(=O)c2ccc(Cl)cc2)nnc1SCC(=O)Nc1cccc([N+](=O)[O-])c1. The molecule has 3 aromatic rings. The maximum absolute atomic E-state index is 12.3. The maximum atomic E-state index is 12.3. The van der Waals surface area contributed by atoms with Crippen molar-refractivity contribution >= 4 is 46.6 Å². The lowest BCUT2D eigenvalue weighted by molar-refractivity contribution is -0.384. The molecule has 166 valence electrons. The van der Waals surface area contributed by atoms with E-state index in [0.29, 0.717) is 33.8 Å². The number of anilines is 1. The van der Waals surface area contributed by atoms with E-state index < -0.39 is 4.92 Å². The molecule has 2 N–H and O–H groups in total.